The van der Waals surface area contributed by atoms with Crippen molar-refractivity contribution in [1.29, 1.82) is 0 Å². The number of anilines is 1. The molecule has 0 amide bonds. The maximum Gasteiger partial charge on any atom is 0.129 e. The highest BCUT2D eigenvalue weighted by Crippen LogP contribution is 2.24. The van der Waals surface area contributed by atoms with Gasteiger partial charge in [-0.3, -0.25) is 0 Å². The van der Waals surface area contributed by atoms with Crippen LogP contribution in [0.25, 0.3) is 0 Å². The van der Waals surface area contributed by atoms with Crippen LogP contribution in [0.3, 0.4) is 0 Å². The Bertz CT molecular complexity index is 299. The quantitative estimate of drug-likeness (QED) is 0.736. The van der Waals surface area contributed by atoms with Gasteiger partial charge in [0.2, 0.25) is 0 Å². The van der Waals surface area contributed by atoms with Gasteiger partial charge in [-0.2, -0.15) is 0 Å². The summed E-state index contributed by atoms with van der Waals surface area (Å²) in [5, 5.41) is 3.31. The van der Waals surface area contributed by atoms with Gasteiger partial charge in [-0.15, -0.1) is 0 Å². The monoisotopic (exact) mass is 226 g/mol. The minimum absolute atomic E-state index is 0.716. The van der Waals surface area contributed by atoms with E-state index in [0.29, 0.717) is 5.92 Å². The van der Waals surface area contributed by atoms with Gasteiger partial charge in [0.15, 0.2) is 0 Å². The first-order chi connectivity index (χ1) is 5.75. The van der Waals surface area contributed by atoms with Crippen LogP contribution in [0.5, 0.6) is 0 Å². The normalized spacial score (nSPS) is 21.3. The molecule has 0 unspecified atom stereocenters. The predicted molar refractivity (Wildman–Crippen MR) is 53.3 cm³/mol. The molecule has 1 atom stereocenters. The van der Waals surface area contributed by atoms with E-state index in [1.165, 1.54) is 5.56 Å². The lowest BCUT2D eigenvalue weighted by Crippen LogP contribution is -2.21. The van der Waals surface area contributed by atoms with Crippen LogP contribution in [0.2, 0.25) is 0 Å². The van der Waals surface area contributed by atoms with Crippen molar-refractivity contribution in [3.8, 4) is 0 Å². The van der Waals surface area contributed by atoms with Gasteiger partial charge in [0.1, 0.15) is 5.82 Å². The molecule has 0 aromatic carbocycles. The summed E-state index contributed by atoms with van der Waals surface area (Å²) in [5.74, 6) is 1.77. The molecular weight excluding hydrogens is 216 g/mol. The first-order valence-corrected chi connectivity index (χ1v) is 4.93. The Kier molecular flexibility index (Phi) is 2.05. The summed E-state index contributed by atoms with van der Waals surface area (Å²) in [7, 11) is 0. The first-order valence-electron chi connectivity index (χ1n) is 4.14. The molecule has 1 aliphatic rings. The lowest BCUT2D eigenvalue weighted by molar-refractivity contribution is 0.590. The Morgan fingerprint density at radius 2 is 2.50 bits per heavy atom. The minimum Gasteiger partial charge on any atom is -0.370 e. The van der Waals surface area contributed by atoms with Crippen molar-refractivity contribution >= 4 is 21.7 Å². The van der Waals surface area contributed by atoms with Crippen molar-refractivity contribution in [2.75, 3.05) is 11.9 Å². The van der Waals surface area contributed by atoms with E-state index in [1.54, 1.807) is 0 Å². The second-order valence-electron chi connectivity index (χ2n) is 3.35. The third kappa shape index (κ3) is 1.46. The van der Waals surface area contributed by atoms with Gasteiger partial charge >= 0.3 is 0 Å². The Balaban J connectivity index is 2.37. The van der Waals surface area contributed by atoms with Crippen molar-refractivity contribution in [2.24, 2.45) is 5.92 Å². The number of nitrogens with one attached hydrogen (secondary N) is 1. The van der Waals surface area contributed by atoms with Crippen LogP contribution in [0.4, 0.5) is 5.82 Å². The van der Waals surface area contributed by atoms with E-state index in [1.807, 2.05) is 6.20 Å². The fourth-order valence-corrected chi connectivity index (χ4v) is 1.89. The van der Waals surface area contributed by atoms with Crippen LogP contribution >= 0.6 is 15.9 Å². The highest BCUT2D eigenvalue weighted by atomic mass is 79.9. The second kappa shape index (κ2) is 3.05. The lowest BCUT2D eigenvalue weighted by atomic mass is 9.98. The lowest BCUT2D eigenvalue weighted by Gasteiger charge is -2.22. The van der Waals surface area contributed by atoms with E-state index in [0.717, 1.165) is 23.3 Å². The highest BCUT2D eigenvalue weighted by Gasteiger charge is 2.14. The molecule has 64 valence electrons. The third-order valence-electron chi connectivity index (χ3n) is 2.12. The van der Waals surface area contributed by atoms with Crippen molar-refractivity contribution < 1.29 is 0 Å². The van der Waals surface area contributed by atoms with Crippen LogP contribution < -0.4 is 5.32 Å². The first kappa shape index (κ1) is 8.05. The zero-order valence-electron chi connectivity index (χ0n) is 6.97. The second-order valence-corrected chi connectivity index (χ2v) is 4.27. The van der Waals surface area contributed by atoms with Crippen LogP contribution in [-0.4, -0.2) is 11.5 Å². The van der Waals surface area contributed by atoms with E-state index in [-0.39, 0.29) is 0 Å². The van der Waals surface area contributed by atoms with E-state index in [4.69, 9.17) is 0 Å². The minimum atomic E-state index is 0.716. The molecule has 0 aliphatic carbocycles. The summed E-state index contributed by atoms with van der Waals surface area (Å²) in [5.41, 5.74) is 1.32. The van der Waals surface area contributed by atoms with Crippen LogP contribution in [-0.2, 0) is 6.42 Å². The Labute approximate surface area is 80.5 Å². The molecule has 1 aliphatic heterocycles. The summed E-state index contributed by atoms with van der Waals surface area (Å²) in [6, 6.07) is 2.14. The average molecular weight is 227 g/mol. The van der Waals surface area contributed by atoms with Gasteiger partial charge in [-0.1, -0.05) is 6.92 Å². The molecule has 0 bridgehead atoms. The van der Waals surface area contributed by atoms with Gasteiger partial charge in [-0.25, -0.2) is 4.98 Å². The number of pyridine rings is 1. The molecule has 0 radical (unpaired) electrons. The Morgan fingerprint density at radius 3 is 3.33 bits per heavy atom. The van der Waals surface area contributed by atoms with E-state index >= 15 is 0 Å². The van der Waals surface area contributed by atoms with Gasteiger partial charge in [0.05, 0.1) is 0 Å². The van der Waals surface area contributed by atoms with E-state index in [9.17, 15) is 0 Å². The van der Waals surface area contributed by atoms with Gasteiger partial charge in [-0.05, 0) is 39.9 Å². The number of rotatable bonds is 0. The van der Waals surface area contributed by atoms with Crippen LogP contribution in [0, 0.1) is 5.92 Å². The number of halogens is 1. The molecule has 1 N–H and O–H groups in total. The largest absolute Gasteiger partial charge is 0.370 e. The molecule has 0 spiro atoms. The smallest absolute Gasteiger partial charge is 0.129 e. The van der Waals surface area contributed by atoms with Gasteiger partial charge in [0.25, 0.3) is 0 Å². The average Bonchev–Trinajstić information content (AvgIpc) is 2.03. The Hall–Kier alpha value is -0.570. The standard InChI is InChI=1S/C9H11BrN2/c1-6-2-7-3-8(10)5-12-9(7)11-4-6/h3,5-6H,2,4H2,1H3,(H,11,12)/t6-/m1/s1. The topological polar surface area (TPSA) is 24.9 Å². The van der Waals surface area contributed by atoms with Crippen LogP contribution in [0.15, 0.2) is 16.7 Å². The molecule has 0 saturated carbocycles. The zero-order chi connectivity index (χ0) is 8.55. The van der Waals surface area contributed by atoms with Gasteiger partial charge in [0, 0.05) is 17.2 Å². The van der Waals surface area contributed by atoms with Gasteiger partial charge < -0.3 is 5.32 Å². The Morgan fingerprint density at radius 1 is 1.67 bits per heavy atom. The fraction of sp³-hybridized carbons (Fsp3) is 0.444. The SMILES string of the molecule is C[C@H]1CNc2ncc(Br)cc2C1. The highest BCUT2D eigenvalue weighted by molar-refractivity contribution is 9.10. The molecule has 0 saturated heterocycles. The number of nitrogens with zero attached hydrogens (tertiary/aromatic N) is 1. The molecule has 2 heterocycles. The van der Waals surface area contributed by atoms with Crippen molar-refractivity contribution in [3.63, 3.8) is 0 Å². The number of hydrogen-bond donors (Lipinski definition) is 1. The molecule has 12 heavy (non-hydrogen) atoms. The zero-order valence-corrected chi connectivity index (χ0v) is 8.56. The molecule has 2 rings (SSSR count). The summed E-state index contributed by atoms with van der Waals surface area (Å²) in [4.78, 5) is 4.30. The van der Waals surface area contributed by atoms with E-state index < -0.39 is 0 Å². The molecular formula is C9H11BrN2. The summed E-state index contributed by atoms with van der Waals surface area (Å²) >= 11 is 3.42. The number of fused-ring (bicyclic) bond motifs is 1. The predicted octanol–water partition coefficient (Wildman–Crippen LogP) is 2.45. The number of aromatic nitrogens is 1. The maximum atomic E-state index is 4.30. The van der Waals surface area contributed by atoms with E-state index in [2.05, 4.69) is 39.2 Å². The summed E-state index contributed by atoms with van der Waals surface area (Å²) < 4.78 is 1.07. The molecule has 0 fully saturated rings. The maximum absolute atomic E-state index is 4.30. The fourth-order valence-electron chi connectivity index (χ4n) is 1.51. The molecule has 1 aromatic rings. The van der Waals surface area contributed by atoms with Crippen LogP contribution in [0.1, 0.15) is 12.5 Å². The number of hydrogen-bond acceptors (Lipinski definition) is 2. The summed E-state index contributed by atoms with van der Waals surface area (Å²) in [6.45, 7) is 3.29. The third-order valence-corrected chi connectivity index (χ3v) is 2.55. The van der Waals surface area contributed by atoms with Crippen molar-refractivity contribution in [2.45, 2.75) is 13.3 Å². The summed E-state index contributed by atoms with van der Waals surface area (Å²) in [6.07, 6.45) is 2.97. The van der Waals surface area contributed by atoms with Crippen molar-refractivity contribution in [1.82, 2.24) is 4.98 Å². The van der Waals surface area contributed by atoms with Crippen molar-refractivity contribution in [3.05, 3.63) is 22.3 Å². The molecule has 2 nitrogen and oxygen atoms in total. The molecule has 3 heteroatoms. The molecule has 1 aromatic heterocycles.